The number of aromatic nitrogens is 1. The highest BCUT2D eigenvalue weighted by atomic mass is 14.9. The van der Waals surface area contributed by atoms with Crippen molar-refractivity contribution in [2.45, 2.75) is 20.4 Å². The van der Waals surface area contributed by atoms with Gasteiger partial charge in [0.15, 0.2) is 0 Å². The Hall–Kier alpha value is -1.67. The third-order valence-electron chi connectivity index (χ3n) is 1.64. The van der Waals surface area contributed by atoms with E-state index < -0.39 is 0 Å². The highest BCUT2D eigenvalue weighted by Gasteiger charge is 1.99. The van der Waals surface area contributed by atoms with Gasteiger partial charge in [-0.3, -0.25) is 0 Å². The molecule has 0 saturated carbocycles. The van der Waals surface area contributed by atoms with E-state index in [2.05, 4.69) is 17.9 Å². The number of aryl methyl sites for hydroxylation is 1. The lowest BCUT2D eigenvalue weighted by atomic mass is 10.2. The summed E-state index contributed by atoms with van der Waals surface area (Å²) in [5, 5.41) is 8.66. The highest BCUT2D eigenvalue weighted by Crippen LogP contribution is 2.06. The Labute approximate surface area is 72.4 Å². The average Bonchev–Trinajstić information content (AvgIpc) is 2.43. The third-order valence-corrected chi connectivity index (χ3v) is 1.64. The van der Waals surface area contributed by atoms with E-state index in [-0.39, 0.29) is 0 Å². The Morgan fingerprint density at radius 1 is 1.50 bits per heavy atom. The minimum absolute atomic E-state index is 0.666. The van der Waals surface area contributed by atoms with Crippen molar-refractivity contribution in [2.24, 2.45) is 0 Å². The first-order chi connectivity index (χ1) is 5.77. The molecule has 12 heavy (non-hydrogen) atoms. The first-order valence-electron chi connectivity index (χ1n) is 3.74. The smallest absolute Gasteiger partial charge is 0.101 e. The predicted molar refractivity (Wildman–Crippen MR) is 47.3 cm³/mol. The van der Waals surface area contributed by atoms with Gasteiger partial charge in [-0.2, -0.15) is 5.26 Å². The lowest BCUT2D eigenvalue weighted by Crippen LogP contribution is -1.89. The van der Waals surface area contributed by atoms with Gasteiger partial charge < -0.3 is 4.57 Å². The van der Waals surface area contributed by atoms with Crippen molar-refractivity contribution in [3.05, 3.63) is 23.5 Å². The first-order valence-corrected chi connectivity index (χ1v) is 3.74. The summed E-state index contributed by atoms with van der Waals surface area (Å²) in [4.78, 5) is 0. The molecule has 2 nitrogen and oxygen atoms in total. The molecule has 0 aromatic carbocycles. The molecular formula is C10H10N2. The van der Waals surface area contributed by atoms with E-state index in [0.717, 1.165) is 11.1 Å². The van der Waals surface area contributed by atoms with Gasteiger partial charge >= 0.3 is 0 Å². The van der Waals surface area contributed by atoms with Crippen LogP contribution in [0.3, 0.4) is 0 Å². The number of nitrogens with zero attached hydrogens (tertiary/aromatic N) is 2. The molecule has 0 fully saturated rings. The molecular weight excluding hydrogens is 148 g/mol. The summed E-state index contributed by atoms with van der Waals surface area (Å²) in [5.41, 5.74) is 1.74. The molecule has 0 atom stereocenters. The second kappa shape index (κ2) is 3.64. The maximum Gasteiger partial charge on any atom is 0.101 e. The fourth-order valence-electron chi connectivity index (χ4n) is 1.00. The predicted octanol–water partition coefficient (Wildman–Crippen LogP) is 1.69. The van der Waals surface area contributed by atoms with E-state index in [1.54, 1.807) is 0 Å². The zero-order valence-electron chi connectivity index (χ0n) is 7.26. The van der Waals surface area contributed by atoms with E-state index >= 15 is 0 Å². The normalized spacial score (nSPS) is 8.42. The summed E-state index contributed by atoms with van der Waals surface area (Å²) < 4.78 is 1.92. The average molecular weight is 158 g/mol. The molecule has 60 valence electrons. The number of rotatable bonds is 1. The molecule has 1 heterocycles. The Bertz CT molecular complexity index is 369. The maximum atomic E-state index is 8.66. The van der Waals surface area contributed by atoms with E-state index in [1.807, 2.05) is 30.8 Å². The fraction of sp³-hybridized carbons (Fsp3) is 0.300. The molecule has 0 amide bonds. The van der Waals surface area contributed by atoms with Gasteiger partial charge in [0.05, 0.1) is 12.1 Å². The lowest BCUT2D eigenvalue weighted by molar-refractivity contribution is 0.847. The molecule has 1 rings (SSSR count). The van der Waals surface area contributed by atoms with Crippen LogP contribution >= 0.6 is 0 Å². The fourth-order valence-corrected chi connectivity index (χ4v) is 1.00. The summed E-state index contributed by atoms with van der Waals surface area (Å²) in [6, 6.07) is 2.12. The number of hydrogen-bond donors (Lipinski definition) is 0. The Morgan fingerprint density at radius 2 is 2.25 bits per heavy atom. The highest BCUT2D eigenvalue weighted by molar-refractivity contribution is 5.34. The van der Waals surface area contributed by atoms with Gasteiger partial charge in [0.25, 0.3) is 0 Å². The van der Waals surface area contributed by atoms with Gasteiger partial charge in [-0.15, -0.1) is 5.92 Å². The van der Waals surface area contributed by atoms with Gasteiger partial charge in [-0.05, 0) is 19.4 Å². The molecule has 0 saturated heterocycles. The topological polar surface area (TPSA) is 28.7 Å². The lowest BCUT2D eigenvalue weighted by Gasteiger charge is -1.90. The van der Waals surface area contributed by atoms with Gasteiger partial charge in [0.1, 0.15) is 6.07 Å². The molecule has 0 bridgehead atoms. The molecule has 0 aliphatic heterocycles. The van der Waals surface area contributed by atoms with Crippen LogP contribution in [0.1, 0.15) is 18.1 Å². The van der Waals surface area contributed by atoms with Crippen LogP contribution in [0, 0.1) is 30.1 Å². The molecule has 0 aliphatic carbocycles. The maximum absolute atomic E-state index is 8.66. The van der Waals surface area contributed by atoms with Gasteiger partial charge in [-0.25, -0.2) is 0 Å². The van der Waals surface area contributed by atoms with Crippen LogP contribution in [0.25, 0.3) is 0 Å². The van der Waals surface area contributed by atoms with Crippen LogP contribution in [0.5, 0.6) is 0 Å². The molecule has 0 unspecified atom stereocenters. The zero-order valence-corrected chi connectivity index (χ0v) is 7.26. The molecule has 2 heteroatoms. The Kier molecular flexibility index (Phi) is 2.56. The van der Waals surface area contributed by atoms with E-state index in [0.29, 0.717) is 6.54 Å². The second-order valence-corrected chi connectivity index (χ2v) is 2.57. The molecule has 1 aromatic rings. The summed E-state index contributed by atoms with van der Waals surface area (Å²) in [7, 11) is 0. The van der Waals surface area contributed by atoms with Crippen molar-refractivity contribution in [3.63, 3.8) is 0 Å². The summed E-state index contributed by atoms with van der Waals surface area (Å²) in [6.07, 6.45) is 3.75. The van der Waals surface area contributed by atoms with Crippen LogP contribution < -0.4 is 0 Å². The number of nitriles is 1. The van der Waals surface area contributed by atoms with Crippen LogP contribution in [-0.4, -0.2) is 4.57 Å². The third kappa shape index (κ3) is 1.68. The van der Waals surface area contributed by atoms with Crippen molar-refractivity contribution in [2.75, 3.05) is 0 Å². The first kappa shape index (κ1) is 8.43. The van der Waals surface area contributed by atoms with Crippen molar-refractivity contribution in [1.82, 2.24) is 4.57 Å². The SMILES string of the molecule is CC#CCn1cc(C)c(C#N)c1. The quantitative estimate of drug-likeness (QED) is 0.572. The minimum Gasteiger partial charge on any atom is -0.341 e. The van der Waals surface area contributed by atoms with Crippen molar-refractivity contribution in [3.8, 4) is 17.9 Å². The molecule has 0 aliphatic rings. The largest absolute Gasteiger partial charge is 0.341 e. The van der Waals surface area contributed by atoms with Gasteiger partial charge in [-0.1, -0.05) is 5.92 Å². The number of hydrogen-bond acceptors (Lipinski definition) is 1. The summed E-state index contributed by atoms with van der Waals surface area (Å²) in [5.74, 6) is 5.74. The van der Waals surface area contributed by atoms with Gasteiger partial charge in [0.2, 0.25) is 0 Å². The molecule has 0 radical (unpaired) electrons. The van der Waals surface area contributed by atoms with Crippen molar-refractivity contribution >= 4 is 0 Å². The molecule has 0 N–H and O–H groups in total. The van der Waals surface area contributed by atoms with Gasteiger partial charge in [0, 0.05) is 12.4 Å². The van der Waals surface area contributed by atoms with Crippen molar-refractivity contribution in [1.29, 1.82) is 5.26 Å². The van der Waals surface area contributed by atoms with Crippen molar-refractivity contribution < 1.29 is 0 Å². The zero-order chi connectivity index (χ0) is 8.97. The Balaban J connectivity index is 2.88. The van der Waals surface area contributed by atoms with E-state index in [1.165, 1.54) is 0 Å². The molecule has 0 spiro atoms. The monoisotopic (exact) mass is 158 g/mol. The summed E-state index contributed by atoms with van der Waals surface area (Å²) >= 11 is 0. The minimum atomic E-state index is 0.666. The standard InChI is InChI=1S/C10H10N2/c1-3-4-5-12-7-9(2)10(6-11)8-12/h7-8H,5H2,1-2H3. The van der Waals surface area contributed by atoms with Crippen LogP contribution in [0.15, 0.2) is 12.4 Å². The van der Waals surface area contributed by atoms with E-state index in [4.69, 9.17) is 5.26 Å². The second-order valence-electron chi connectivity index (χ2n) is 2.57. The van der Waals surface area contributed by atoms with Crippen LogP contribution in [0.2, 0.25) is 0 Å². The van der Waals surface area contributed by atoms with Crippen LogP contribution in [-0.2, 0) is 6.54 Å². The molecule has 1 aromatic heterocycles. The van der Waals surface area contributed by atoms with Crippen LogP contribution in [0.4, 0.5) is 0 Å². The Morgan fingerprint density at radius 3 is 2.75 bits per heavy atom. The summed E-state index contributed by atoms with van der Waals surface area (Å²) in [6.45, 7) is 4.40. The van der Waals surface area contributed by atoms with E-state index in [9.17, 15) is 0 Å².